The summed E-state index contributed by atoms with van der Waals surface area (Å²) in [6.07, 6.45) is 0.719. The zero-order valence-electron chi connectivity index (χ0n) is 7.87. The number of hydrogen-bond donors (Lipinski definition) is 1. The lowest BCUT2D eigenvalue weighted by molar-refractivity contribution is 0.0964. The summed E-state index contributed by atoms with van der Waals surface area (Å²) >= 11 is 0. The normalized spacial score (nSPS) is 15.8. The molecule has 70 valence electrons. The van der Waals surface area contributed by atoms with Crippen molar-refractivity contribution in [2.75, 3.05) is 20.6 Å². The fourth-order valence-electron chi connectivity index (χ4n) is 1.10. The van der Waals surface area contributed by atoms with E-state index in [9.17, 15) is 5.11 Å². The lowest BCUT2D eigenvalue weighted by atomic mass is 10.0. The van der Waals surface area contributed by atoms with Crippen LogP contribution >= 0.6 is 12.4 Å². The van der Waals surface area contributed by atoms with Gasteiger partial charge in [0.2, 0.25) is 0 Å². The van der Waals surface area contributed by atoms with Crippen LogP contribution in [0.25, 0.3) is 0 Å². The second-order valence-electron chi connectivity index (χ2n) is 3.22. The third kappa shape index (κ3) is 6.60. The van der Waals surface area contributed by atoms with Gasteiger partial charge in [0.15, 0.2) is 0 Å². The molecule has 0 rings (SSSR count). The van der Waals surface area contributed by atoms with Gasteiger partial charge in [-0.3, -0.25) is 0 Å². The average Bonchev–Trinajstić information content (AvgIpc) is 1.85. The maximum Gasteiger partial charge on any atom is 0.0575 e. The first-order valence-electron chi connectivity index (χ1n) is 3.90. The summed E-state index contributed by atoms with van der Waals surface area (Å²) in [7, 11) is 4.05. The fraction of sp³-hybridized carbons (Fsp3) is 1.00. The second-order valence-corrected chi connectivity index (χ2v) is 3.22. The molecular weight excluding hydrogens is 162 g/mol. The van der Waals surface area contributed by atoms with Gasteiger partial charge in [-0.05, 0) is 26.4 Å². The van der Waals surface area contributed by atoms with E-state index < -0.39 is 0 Å². The van der Waals surface area contributed by atoms with Gasteiger partial charge in [-0.1, -0.05) is 13.8 Å². The van der Waals surface area contributed by atoms with Gasteiger partial charge >= 0.3 is 0 Å². The zero-order chi connectivity index (χ0) is 8.15. The predicted molar refractivity (Wildman–Crippen MR) is 51.3 cm³/mol. The summed E-state index contributed by atoms with van der Waals surface area (Å²) in [5.41, 5.74) is 0. The highest BCUT2D eigenvalue weighted by molar-refractivity contribution is 5.85. The largest absolute Gasteiger partial charge is 0.393 e. The van der Waals surface area contributed by atoms with Crippen molar-refractivity contribution in [3.8, 4) is 0 Å². The van der Waals surface area contributed by atoms with Crippen LogP contribution in [0, 0.1) is 5.92 Å². The van der Waals surface area contributed by atoms with Gasteiger partial charge in [0.1, 0.15) is 0 Å². The Morgan fingerprint density at radius 3 is 2.09 bits per heavy atom. The Balaban J connectivity index is 0. The summed E-state index contributed by atoms with van der Waals surface area (Å²) in [6.45, 7) is 5.06. The summed E-state index contributed by atoms with van der Waals surface area (Å²) in [5.74, 6) is 0.389. The lowest BCUT2D eigenvalue weighted by Gasteiger charge is -2.20. The molecule has 0 saturated heterocycles. The molecule has 0 aliphatic rings. The standard InChI is InChI=1S/C8H19NO.ClH/c1-5-8(10)7(2)6-9(3)4;/h7-8,10H,5-6H2,1-4H3;1H. The summed E-state index contributed by atoms with van der Waals surface area (Å²) in [4.78, 5) is 2.10. The molecule has 0 heterocycles. The van der Waals surface area contributed by atoms with Gasteiger partial charge in [-0.2, -0.15) is 0 Å². The van der Waals surface area contributed by atoms with Crippen LogP contribution in [0.2, 0.25) is 0 Å². The number of halogens is 1. The Labute approximate surface area is 76.0 Å². The fourth-order valence-corrected chi connectivity index (χ4v) is 1.10. The molecule has 0 radical (unpaired) electrons. The molecule has 0 aromatic carbocycles. The molecule has 0 bridgehead atoms. The van der Waals surface area contributed by atoms with E-state index >= 15 is 0 Å². The third-order valence-corrected chi connectivity index (χ3v) is 1.73. The zero-order valence-corrected chi connectivity index (χ0v) is 8.69. The highest BCUT2D eigenvalue weighted by Gasteiger charge is 2.11. The maximum absolute atomic E-state index is 9.35. The van der Waals surface area contributed by atoms with Crippen LogP contribution in [-0.2, 0) is 0 Å². The van der Waals surface area contributed by atoms with Crippen molar-refractivity contribution in [2.45, 2.75) is 26.4 Å². The maximum atomic E-state index is 9.35. The van der Waals surface area contributed by atoms with E-state index in [1.54, 1.807) is 0 Å². The molecule has 0 fully saturated rings. The molecule has 2 atom stereocenters. The van der Waals surface area contributed by atoms with E-state index in [0.717, 1.165) is 13.0 Å². The topological polar surface area (TPSA) is 23.5 Å². The first-order chi connectivity index (χ1) is 4.57. The van der Waals surface area contributed by atoms with E-state index in [-0.39, 0.29) is 18.5 Å². The van der Waals surface area contributed by atoms with Crippen molar-refractivity contribution in [3.05, 3.63) is 0 Å². The number of nitrogens with zero attached hydrogens (tertiary/aromatic N) is 1. The molecule has 0 amide bonds. The van der Waals surface area contributed by atoms with Crippen LogP contribution in [0.4, 0.5) is 0 Å². The van der Waals surface area contributed by atoms with E-state index in [0.29, 0.717) is 5.92 Å². The molecule has 0 spiro atoms. The summed E-state index contributed by atoms with van der Waals surface area (Å²) < 4.78 is 0. The first kappa shape index (κ1) is 13.8. The van der Waals surface area contributed by atoms with Crippen LogP contribution in [0.3, 0.4) is 0 Å². The molecule has 2 nitrogen and oxygen atoms in total. The second kappa shape index (κ2) is 6.89. The number of hydrogen-bond acceptors (Lipinski definition) is 2. The van der Waals surface area contributed by atoms with Crippen LogP contribution in [0.15, 0.2) is 0 Å². The highest BCUT2D eigenvalue weighted by Crippen LogP contribution is 2.06. The third-order valence-electron chi connectivity index (χ3n) is 1.73. The Bertz CT molecular complexity index is 88.2. The molecule has 1 N–H and O–H groups in total. The van der Waals surface area contributed by atoms with E-state index in [1.165, 1.54) is 0 Å². The Morgan fingerprint density at radius 2 is 1.82 bits per heavy atom. The van der Waals surface area contributed by atoms with Gasteiger partial charge in [-0.25, -0.2) is 0 Å². The minimum Gasteiger partial charge on any atom is -0.393 e. The van der Waals surface area contributed by atoms with Gasteiger partial charge < -0.3 is 10.0 Å². The molecule has 3 heteroatoms. The minimum absolute atomic E-state index is 0. The number of aliphatic hydroxyl groups is 1. The molecule has 2 unspecified atom stereocenters. The molecule has 0 aromatic rings. The van der Waals surface area contributed by atoms with Crippen molar-refractivity contribution in [2.24, 2.45) is 5.92 Å². The molecule has 0 aliphatic carbocycles. The Morgan fingerprint density at radius 1 is 1.36 bits per heavy atom. The molecule has 0 saturated carbocycles. The van der Waals surface area contributed by atoms with Crippen LogP contribution < -0.4 is 0 Å². The average molecular weight is 182 g/mol. The number of aliphatic hydroxyl groups excluding tert-OH is 1. The van der Waals surface area contributed by atoms with E-state index in [4.69, 9.17) is 0 Å². The van der Waals surface area contributed by atoms with Crippen molar-refractivity contribution >= 4 is 12.4 Å². The smallest absolute Gasteiger partial charge is 0.0575 e. The summed E-state index contributed by atoms with van der Waals surface area (Å²) in [6, 6.07) is 0. The molecule has 11 heavy (non-hydrogen) atoms. The SMILES string of the molecule is CCC(O)C(C)CN(C)C.Cl. The quantitative estimate of drug-likeness (QED) is 0.709. The van der Waals surface area contributed by atoms with Gasteiger partial charge in [0.05, 0.1) is 6.10 Å². The van der Waals surface area contributed by atoms with Crippen molar-refractivity contribution in [1.29, 1.82) is 0 Å². The van der Waals surface area contributed by atoms with Crippen molar-refractivity contribution in [1.82, 2.24) is 4.90 Å². The highest BCUT2D eigenvalue weighted by atomic mass is 35.5. The van der Waals surface area contributed by atoms with E-state index in [1.807, 2.05) is 21.0 Å². The monoisotopic (exact) mass is 181 g/mol. The van der Waals surface area contributed by atoms with Crippen LogP contribution in [-0.4, -0.2) is 36.8 Å². The van der Waals surface area contributed by atoms with Crippen LogP contribution in [0.1, 0.15) is 20.3 Å². The van der Waals surface area contributed by atoms with Gasteiger partial charge in [-0.15, -0.1) is 12.4 Å². The van der Waals surface area contributed by atoms with Crippen LogP contribution in [0.5, 0.6) is 0 Å². The van der Waals surface area contributed by atoms with Gasteiger partial charge in [0, 0.05) is 6.54 Å². The van der Waals surface area contributed by atoms with Crippen molar-refractivity contribution in [3.63, 3.8) is 0 Å². The summed E-state index contributed by atoms with van der Waals surface area (Å²) in [5, 5.41) is 9.35. The predicted octanol–water partition coefficient (Wildman–Crippen LogP) is 1.38. The first-order valence-corrected chi connectivity index (χ1v) is 3.90. The van der Waals surface area contributed by atoms with Crippen molar-refractivity contribution < 1.29 is 5.11 Å². The molecular formula is C8H20ClNO. The van der Waals surface area contributed by atoms with E-state index in [2.05, 4.69) is 11.8 Å². The lowest BCUT2D eigenvalue weighted by Crippen LogP contribution is -2.28. The van der Waals surface area contributed by atoms with Gasteiger partial charge in [0.25, 0.3) is 0 Å². The molecule has 0 aromatic heterocycles. The number of rotatable bonds is 4. The minimum atomic E-state index is -0.137. The molecule has 0 aliphatic heterocycles. The Kier molecular flexibility index (Phi) is 8.63. The Hall–Kier alpha value is 0.210.